The Labute approximate surface area is 225 Å². The smallest absolute Gasteiger partial charge is 0.126 e. The molecule has 200 valence electrons. The monoisotopic (exact) mass is 512 g/mol. The Bertz CT molecular complexity index is 1470. The predicted octanol–water partition coefficient (Wildman–Crippen LogP) is 5.64. The van der Waals surface area contributed by atoms with Crippen molar-refractivity contribution in [2.24, 2.45) is 11.3 Å². The zero-order chi connectivity index (χ0) is 27.2. The van der Waals surface area contributed by atoms with Gasteiger partial charge in [0.2, 0.25) is 0 Å². The van der Waals surface area contributed by atoms with Crippen LogP contribution >= 0.6 is 0 Å². The van der Waals surface area contributed by atoms with Gasteiger partial charge in [0.25, 0.3) is 0 Å². The number of aromatic amines is 1. The first-order valence-corrected chi connectivity index (χ1v) is 13.3. The van der Waals surface area contributed by atoms with Gasteiger partial charge >= 0.3 is 0 Å². The van der Waals surface area contributed by atoms with E-state index in [2.05, 4.69) is 86.1 Å². The zero-order valence-corrected chi connectivity index (χ0v) is 23.4. The number of nitrogens with zero attached hydrogens (tertiary/aromatic N) is 3. The first-order valence-electron chi connectivity index (χ1n) is 13.3. The van der Waals surface area contributed by atoms with Crippen molar-refractivity contribution in [1.29, 1.82) is 0 Å². The van der Waals surface area contributed by atoms with E-state index in [1.54, 1.807) is 5.01 Å². The molecule has 0 amide bonds. The average Bonchev–Trinajstić information content (AvgIpc) is 3.20. The summed E-state index contributed by atoms with van der Waals surface area (Å²) in [6, 6.07) is 15.4. The summed E-state index contributed by atoms with van der Waals surface area (Å²) >= 11 is 0. The molecule has 1 aromatic heterocycles. The predicted molar refractivity (Wildman–Crippen MR) is 156 cm³/mol. The molecule has 0 fully saturated rings. The van der Waals surface area contributed by atoms with E-state index in [1.165, 1.54) is 27.8 Å². The number of aromatic nitrogens is 2. The van der Waals surface area contributed by atoms with Crippen LogP contribution in [0.4, 0.5) is 11.4 Å². The fourth-order valence-corrected chi connectivity index (χ4v) is 5.80. The first kappa shape index (κ1) is 26.1. The number of nitrogens with two attached hydrogens (primary N) is 2. The molecule has 7 nitrogen and oxygen atoms in total. The molecule has 0 saturated carbocycles. The molecule has 0 bridgehead atoms. The van der Waals surface area contributed by atoms with Crippen LogP contribution in [0.25, 0.3) is 10.9 Å². The van der Waals surface area contributed by atoms with Crippen LogP contribution in [0.3, 0.4) is 0 Å². The number of hydrogen-bond donors (Lipinski definition) is 3. The third kappa shape index (κ3) is 4.96. The van der Waals surface area contributed by atoms with Crippen molar-refractivity contribution in [3.8, 4) is 5.75 Å². The number of hydrogen-bond acceptors (Lipinski definition) is 6. The number of anilines is 2. The van der Waals surface area contributed by atoms with Crippen molar-refractivity contribution >= 4 is 22.3 Å². The number of nitrogen functional groups attached to an aromatic ring is 1. The summed E-state index contributed by atoms with van der Waals surface area (Å²) in [5.74, 6) is 7.16. The molecule has 4 aromatic rings. The quantitative estimate of drug-likeness (QED) is 0.182. The van der Waals surface area contributed by atoms with Crippen LogP contribution in [0.1, 0.15) is 60.1 Å². The molecule has 1 unspecified atom stereocenters. The molecular weight excluding hydrogens is 472 g/mol. The summed E-state index contributed by atoms with van der Waals surface area (Å²) in [5.41, 5.74) is 16.6. The van der Waals surface area contributed by atoms with E-state index in [0.717, 1.165) is 53.2 Å². The van der Waals surface area contributed by atoms with Gasteiger partial charge in [-0.05, 0) is 59.2 Å². The molecular formula is C31H40N6O. The molecule has 0 aliphatic carbocycles. The third-order valence-corrected chi connectivity index (χ3v) is 7.87. The standard InChI is InChI=1S/C31H40N6O/c1-19-7-8-21(29(31(3,4)5)25-9-10-27(36(6)33)30(32)20(25)2)13-23(19)17-37-11-12-38-28-15-26-22(16-34-35-26)14-24(28)18-37/h7-10,13-16,29H,11-12,17-18,32-33H2,1-6H3,(H,34,35). The van der Waals surface area contributed by atoms with E-state index in [-0.39, 0.29) is 11.3 Å². The van der Waals surface area contributed by atoms with E-state index in [9.17, 15) is 0 Å². The number of ether oxygens (including phenoxy) is 1. The minimum atomic E-state index is -0.00872. The molecule has 5 rings (SSSR count). The number of hydrazine groups is 1. The average molecular weight is 513 g/mol. The lowest BCUT2D eigenvalue weighted by molar-refractivity contribution is 0.219. The van der Waals surface area contributed by atoms with Gasteiger partial charge in [0.05, 0.1) is 23.1 Å². The molecule has 1 aliphatic heterocycles. The Balaban J connectivity index is 1.48. The molecule has 1 aliphatic rings. The number of rotatable bonds is 5. The van der Waals surface area contributed by atoms with Crippen molar-refractivity contribution in [1.82, 2.24) is 15.1 Å². The second-order valence-electron chi connectivity index (χ2n) is 11.8. The number of fused-ring (bicyclic) bond motifs is 2. The SMILES string of the molecule is Cc1ccc(C(c2ccc(N(C)N)c(N)c2C)C(C)(C)C)cc1CN1CCOc2cc3[nH]ncc3cc2C1. The van der Waals surface area contributed by atoms with Crippen molar-refractivity contribution in [2.45, 2.75) is 53.6 Å². The summed E-state index contributed by atoms with van der Waals surface area (Å²) < 4.78 is 6.13. The van der Waals surface area contributed by atoms with Crippen molar-refractivity contribution in [3.05, 3.63) is 82.0 Å². The van der Waals surface area contributed by atoms with Crippen molar-refractivity contribution < 1.29 is 4.74 Å². The number of nitrogens with one attached hydrogen (secondary N) is 1. The lowest BCUT2D eigenvalue weighted by Gasteiger charge is -2.34. The lowest BCUT2D eigenvalue weighted by atomic mass is 9.71. The van der Waals surface area contributed by atoms with Crippen LogP contribution in [0.5, 0.6) is 5.75 Å². The van der Waals surface area contributed by atoms with Crippen LogP contribution in [0.2, 0.25) is 0 Å². The van der Waals surface area contributed by atoms with Gasteiger partial charge in [-0.1, -0.05) is 45.0 Å². The maximum absolute atomic E-state index is 6.56. The summed E-state index contributed by atoms with van der Waals surface area (Å²) in [4.78, 5) is 2.48. The van der Waals surface area contributed by atoms with Gasteiger partial charge in [-0.2, -0.15) is 5.10 Å². The van der Waals surface area contributed by atoms with Crippen molar-refractivity contribution in [3.63, 3.8) is 0 Å². The number of aryl methyl sites for hydroxylation is 1. The van der Waals surface area contributed by atoms with Crippen LogP contribution in [0.15, 0.2) is 48.7 Å². The van der Waals surface area contributed by atoms with E-state index in [1.807, 2.05) is 19.3 Å². The van der Waals surface area contributed by atoms with E-state index in [0.29, 0.717) is 6.61 Å². The molecule has 7 heteroatoms. The molecule has 3 aromatic carbocycles. The Morgan fingerprint density at radius 1 is 1.13 bits per heavy atom. The first-order chi connectivity index (χ1) is 18.0. The number of H-pyrrole nitrogens is 1. The minimum Gasteiger partial charge on any atom is -0.492 e. The van der Waals surface area contributed by atoms with Gasteiger partial charge in [0.15, 0.2) is 0 Å². The van der Waals surface area contributed by atoms with Crippen LogP contribution in [-0.4, -0.2) is 35.3 Å². The number of benzene rings is 3. The van der Waals surface area contributed by atoms with E-state index < -0.39 is 0 Å². The fraction of sp³-hybridized carbons (Fsp3) is 0.387. The van der Waals surface area contributed by atoms with Gasteiger partial charge in [-0.3, -0.25) is 10.00 Å². The molecule has 0 radical (unpaired) electrons. The summed E-state index contributed by atoms with van der Waals surface area (Å²) in [5, 5.41) is 9.93. The zero-order valence-electron chi connectivity index (χ0n) is 23.4. The Morgan fingerprint density at radius 2 is 1.92 bits per heavy atom. The van der Waals surface area contributed by atoms with Crippen LogP contribution in [-0.2, 0) is 13.1 Å². The van der Waals surface area contributed by atoms with Gasteiger partial charge in [-0.25, -0.2) is 5.84 Å². The normalized spacial score (nSPS) is 15.1. The Kier molecular flexibility index (Phi) is 6.84. The Hall–Kier alpha value is -3.55. The Morgan fingerprint density at radius 3 is 2.66 bits per heavy atom. The van der Waals surface area contributed by atoms with E-state index >= 15 is 0 Å². The molecule has 0 saturated heterocycles. The summed E-state index contributed by atoms with van der Waals surface area (Å²) in [7, 11) is 1.82. The molecule has 5 N–H and O–H groups in total. The van der Waals surface area contributed by atoms with E-state index in [4.69, 9.17) is 16.3 Å². The highest BCUT2D eigenvalue weighted by Gasteiger charge is 2.31. The van der Waals surface area contributed by atoms with Gasteiger partial charge in [0.1, 0.15) is 12.4 Å². The maximum Gasteiger partial charge on any atom is 0.126 e. The second-order valence-corrected chi connectivity index (χ2v) is 11.8. The van der Waals surface area contributed by atoms with Crippen LogP contribution in [0, 0.1) is 19.3 Å². The lowest BCUT2D eigenvalue weighted by Crippen LogP contribution is -2.27. The maximum atomic E-state index is 6.56. The molecule has 1 atom stereocenters. The third-order valence-electron chi connectivity index (χ3n) is 7.87. The minimum absolute atomic E-state index is 0.00872. The summed E-state index contributed by atoms with van der Waals surface area (Å²) in [6.45, 7) is 14.5. The second kappa shape index (κ2) is 9.97. The molecule has 2 heterocycles. The molecule has 0 spiro atoms. The van der Waals surface area contributed by atoms with Gasteiger partial charge in [0, 0.05) is 49.6 Å². The van der Waals surface area contributed by atoms with Crippen molar-refractivity contribution in [2.75, 3.05) is 30.9 Å². The highest BCUT2D eigenvalue weighted by molar-refractivity contribution is 5.80. The highest BCUT2D eigenvalue weighted by Crippen LogP contribution is 2.44. The molecule has 38 heavy (non-hydrogen) atoms. The van der Waals surface area contributed by atoms with Gasteiger partial charge in [-0.15, -0.1) is 0 Å². The van der Waals surface area contributed by atoms with Crippen LogP contribution < -0.4 is 21.3 Å². The fourth-order valence-electron chi connectivity index (χ4n) is 5.80. The largest absolute Gasteiger partial charge is 0.492 e. The summed E-state index contributed by atoms with van der Waals surface area (Å²) in [6.07, 6.45) is 1.87. The highest BCUT2D eigenvalue weighted by atomic mass is 16.5. The van der Waals surface area contributed by atoms with Gasteiger partial charge < -0.3 is 15.5 Å². The topological polar surface area (TPSA) is 96.4 Å².